The number of amides is 2. The Labute approximate surface area is 109 Å². The van der Waals surface area contributed by atoms with Gasteiger partial charge in [0.15, 0.2) is 0 Å². The largest absolute Gasteiger partial charge is 0.497 e. The number of β-amino-alcohol motifs (C(OH)–C–C–N with tert-alkyl or cyclic N) is 1. The molecule has 0 spiro atoms. The number of nitrogens with zero attached hydrogens (tertiary/aromatic N) is 1. The van der Waals surface area contributed by atoms with Gasteiger partial charge in [0, 0.05) is 12.6 Å². The number of fused-ring (bicyclic) bond motifs is 1. The van der Waals surface area contributed by atoms with Crippen molar-refractivity contribution in [3.63, 3.8) is 0 Å². The van der Waals surface area contributed by atoms with Crippen LogP contribution in [0, 0.1) is 0 Å². The summed E-state index contributed by atoms with van der Waals surface area (Å²) in [5, 5.41) is 8.94. The van der Waals surface area contributed by atoms with Crippen LogP contribution in [0.2, 0.25) is 0 Å². The lowest BCUT2D eigenvalue weighted by atomic mass is 10.1. The number of hydrogen-bond acceptors (Lipinski definition) is 5. The van der Waals surface area contributed by atoms with E-state index in [0.29, 0.717) is 11.3 Å². The summed E-state index contributed by atoms with van der Waals surface area (Å²) >= 11 is 0. The lowest BCUT2D eigenvalue weighted by molar-refractivity contribution is -0.132. The minimum absolute atomic E-state index is 0.0299. The number of carbonyl (C=O) groups is 2. The minimum atomic E-state index is -1.22. The first-order valence-corrected chi connectivity index (χ1v) is 5.64. The smallest absolute Gasteiger partial charge is 0.280 e. The van der Waals surface area contributed by atoms with Crippen LogP contribution in [-0.4, -0.2) is 48.3 Å². The third-order valence-corrected chi connectivity index (χ3v) is 2.79. The van der Waals surface area contributed by atoms with Crippen LogP contribution < -0.4 is 15.2 Å². The highest BCUT2D eigenvalue weighted by atomic mass is 16.5. The minimum Gasteiger partial charge on any atom is -0.497 e. The van der Waals surface area contributed by atoms with Gasteiger partial charge >= 0.3 is 0 Å². The summed E-state index contributed by atoms with van der Waals surface area (Å²) in [5.74, 6) is -0.468. The maximum absolute atomic E-state index is 12.2. The van der Waals surface area contributed by atoms with E-state index < -0.39 is 18.0 Å². The van der Waals surface area contributed by atoms with Gasteiger partial charge < -0.3 is 20.3 Å². The maximum atomic E-state index is 12.2. The van der Waals surface area contributed by atoms with E-state index in [9.17, 15) is 9.59 Å². The van der Waals surface area contributed by atoms with E-state index in [2.05, 4.69) is 0 Å². The number of primary amides is 1. The summed E-state index contributed by atoms with van der Waals surface area (Å²) < 4.78 is 10.4. The molecular formula is C12H14N2O5. The van der Waals surface area contributed by atoms with Crippen LogP contribution in [0.25, 0.3) is 0 Å². The maximum Gasteiger partial charge on any atom is 0.280 e. The number of hydrogen-bond donors (Lipinski definition) is 2. The standard InChI is InChI=1S/C12H14N2O5/c1-18-7-2-3-8-9(6-7)19-12(10(13)16)14(4-5-15)11(8)17/h2-3,6,12,15H,4-5H2,1H3,(H2,13,16). The average molecular weight is 266 g/mol. The van der Waals surface area contributed by atoms with E-state index in [-0.39, 0.29) is 18.9 Å². The molecule has 2 amide bonds. The Bertz CT molecular complexity index is 517. The fourth-order valence-corrected chi connectivity index (χ4v) is 1.89. The normalized spacial score (nSPS) is 17.7. The van der Waals surface area contributed by atoms with Crippen molar-refractivity contribution in [2.75, 3.05) is 20.3 Å². The second-order valence-corrected chi connectivity index (χ2v) is 3.96. The fraction of sp³-hybridized carbons (Fsp3) is 0.333. The molecule has 7 nitrogen and oxygen atoms in total. The van der Waals surface area contributed by atoms with Crippen LogP contribution in [0.1, 0.15) is 10.4 Å². The van der Waals surface area contributed by atoms with E-state index in [1.165, 1.54) is 19.2 Å². The Morgan fingerprint density at radius 2 is 2.32 bits per heavy atom. The van der Waals surface area contributed by atoms with Crippen LogP contribution in [0.15, 0.2) is 18.2 Å². The molecule has 0 saturated heterocycles. The first kappa shape index (κ1) is 13.2. The molecule has 1 heterocycles. The van der Waals surface area contributed by atoms with Crippen molar-refractivity contribution in [1.29, 1.82) is 0 Å². The predicted molar refractivity (Wildman–Crippen MR) is 64.7 cm³/mol. The molecule has 1 aliphatic heterocycles. The van der Waals surface area contributed by atoms with Gasteiger partial charge in [0.05, 0.1) is 19.3 Å². The molecule has 1 aliphatic rings. The quantitative estimate of drug-likeness (QED) is 0.752. The molecule has 0 fully saturated rings. The van der Waals surface area contributed by atoms with Crippen molar-refractivity contribution in [3.05, 3.63) is 23.8 Å². The average Bonchev–Trinajstić information content (AvgIpc) is 2.41. The highest BCUT2D eigenvalue weighted by molar-refractivity contribution is 6.01. The van der Waals surface area contributed by atoms with Gasteiger partial charge in [-0.2, -0.15) is 0 Å². The monoisotopic (exact) mass is 266 g/mol. The fourth-order valence-electron chi connectivity index (χ4n) is 1.89. The summed E-state index contributed by atoms with van der Waals surface area (Å²) in [6, 6.07) is 4.67. The van der Waals surface area contributed by atoms with E-state index in [1.54, 1.807) is 6.07 Å². The Morgan fingerprint density at radius 1 is 1.58 bits per heavy atom. The molecule has 0 aromatic heterocycles. The van der Waals surface area contributed by atoms with E-state index in [1.807, 2.05) is 0 Å². The number of carbonyl (C=O) groups excluding carboxylic acids is 2. The van der Waals surface area contributed by atoms with Crippen molar-refractivity contribution in [2.45, 2.75) is 6.23 Å². The second-order valence-electron chi connectivity index (χ2n) is 3.96. The van der Waals surface area contributed by atoms with Crippen LogP contribution in [-0.2, 0) is 4.79 Å². The zero-order chi connectivity index (χ0) is 14.0. The SMILES string of the molecule is COc1ccc2c(c1)OC(C(N)=O)N(CCO)C2=O. The highest BCUT2D eigenvalue weighted by Gasteiger charge is 2.37. The summed E-state index contributed by atoms with van der Waals surface area (Å²) in [6.45, 7) is -0.317. The molecule has 0 bridgehead atoms. The number of rotatable bonds is 4. The molecule has 0 radical (unpaired) electrons. The van der Waals surface area contributed by atoms with Crippen molar-refractivity contribution in [2.24, 2.45) is 5.73 Å². The number of aliphatic hydroxyl groups is 1. The van der Waals surface area contributed by atoms with Crippen LogP contribution in [0.5, 0.6) is 11.5 Å². The molecule has 0 aliphatic carbocycles. The number of ether oxygens (including phenoxy) is 2. The van der Waals surface area contributed by atoms with Gasteiger partial charge in [-0.1, -0.05) is 0 Å². The summed E-state index contributed by atoms with van der Waals surface area (Å²) in [4.78, 5) is 24.6. The third kappa shape index (κ3) is 2.32. The van der Waals surface area contributed by atoms with Crippen LogP contribution in [0.3, 0.4) is 0 Å². The number of methoxy groups -OCH3 is 1. The molecule has 1 unspecified atom stereocenters. The van der Waals surface area contributed by atoms with Crippen molar-refractivity contribution in [1.82, 2.24) is 4.90 Å². The Morgan fingerprint density at radius 3 is 2.89 bits per heavy atom. The van der Waals surface area contributed by atoms with Crippen molar-refractivity contribution < 1.29 is 24.2 Å². The molecule has 1 aromatic carbocycles. The van der Waals surface area contributed by atoms with Crippen molar-refractivity contribution in [3.8, 4) is 11.5 Å². The molecule has 1 aromatic rings. The van der Waals surface area contributed by atoms with Gasteiger partial charge in [-0.05, 0) is 12.1 Å². The molecule has 19 heavy (non-hydrogen) atoms. The van der Waals surface area contributed by atoms with E-state index in [0.717, 1.165) is 4.90 Å². The number of nitrogens with two attached hydrogens (primary N) is 1. The molecule has 2 rings (SSSR count). The summed E-state index contributed by atoms with van der Waals surface area (Å²) in [5.41, 5.74) is 5.50. The Balaban J connectivity index is 2.42. The number of benzene rings is 1. The molecule has 7 heteroatoms. The predicted octanol–water partition coefficient (Wildman–Crippen LogP) is -0.667. The van der Waals surface area contributed by atoms with Gasteiger partial charge in [-0.3, -0.25) is 14.5 Å². The van der Waals surface area contributed by atoms with E-state index in [4.69, 9.17) is 20.3 Å². The van der Waals surface area contributed by atoms with Crippen LogP contribution >= 0.6 is 0 Å². The molecular weight excluding hydrogens is 252 g/mol. The highest BCUT2D eigenvalue weighted by Crippen LogP contribution is 2.31. The first-order valence-electron chi connectivity index (χ1n) is 5.64. The van der Waals surface area contributed by atoms with Gasteiger partial charge in [0.1, 0.15) is 11.5 Å². The van der Waals surface area contributed by atoms with Gasteiger partial charge in [0.25, 0.3) is 18.0 Å². The molecule has 3 N–H and O–H groups in total. The summed E-state index contributed by atoms with van der Waals surface area (Å²) in [6.07, 6.45) is -1.22. The Hall–Kier alpha value is -2.28. The van der Waals surface area contributed by atoms with Gasteiger partial charge in [-0.15, -0.1) is 0 Å². The zero-order valence-electron chi connectivity index (χ0n) is 10.3. The molecule has 102 valence electrons. The second kappa shape index (κ2) is 5.15. The third-order valence-electron chi connectivity index (χ3n) is 2.79. The molecule has 1 atom stereocenters. The Kier molecular flexibility index (Phi) is 3.57. The van der Waals surface area contributed by atoms with Crippen LogP contribution in [0.4, 0.5) is 0 Å². The topological polar surface area (TPSA) is 102 Å². The lowest BCUT2D eigenvalue weighted by Gasteiger charge is -2.34. The lowest BCUT2D eigenvalue weighted by Crippen LogP contribution is -2.54. The molecule has 0 saturated carbocycles. The number of aliphatic hydroxyl groups excluding tert-OH is 1. The first-order chi connectivity index (χ1) is 9.08. The summed E-state index contributed by atoms with van der Waals surface area (Å²) in [7, 11) is 1.48. The van der Waals surface area contributed by atoms with Gasteiger partial charge in [0.2, 0.25) is 0 Å². The van der Waals surface area contributed by atoms with Gasteiger partial charge in [-0.25, -0.2) is 0 Å². The zero-order valence-corrected chi connectivity index (χ0v) is 10.3. The van der Waals surface area contributed by atoms with Crippen molar-refractivity contribution >= 4 is 11.8 Å². The van der Waals surface area contributed by atoms with E-state index >= 15 is 0 Å².